The number of benzene rings is 2. The number of nitrogens with zero attached hydrogens (tertiary/aromatic N) is 3. The van der Waals surface area contributed by atoms with E-state index in [1.807, 2.05) is 0 Å². The van der Waals surface area contributed by atoms with Crippen LogP contribution in [0.3, 0.4) is 0 Å². The van der Waals surface area contributed by atoms with Crippen LogP contribution in [-0.4, -0.2) is 42.0 Å². The highest BCUT2D eigenvalue weighted by molar-refractivity contribution is 6.04. The lowest BCUT2D eigenvalue weighted by Gasteiger charge is -2.14. The predicted octanol–water partition coefficient (Wildman–Crippen LogP) is 3.22. The fourth-order valence-electron chi connectivity index (χ4n) is 2.95. The Balaban J connectivity index is 1.92. The topological polar surface area (TPSA) is 117 Å². The van der Waals surface area contributed by atoms with Crippen LogP contribution in [0.25, 0.3) is 0 Å². The average molecular weight is 479 g/mol. The summed E-state index contributed by atoms with van der Waals surface area (Å²) in [5.41, 5.74) is -1.51. The standard InChI is InChI=1S/C21H20F3N5O5/c1-29-19(31)17(26-18(30)11-8-14(32-2)16(34-4)15(9-11)33-3)27-20(28-29)25-13-7-5-6-12(10-13)21(22,23)24/h5-10H,1-4H3,(H2,25,26,27,28,30). The number of rotatable bonds is 7. The lowest BCUT2D eigenvalue weighted by Crippen LogP contribution is -2.28. The van der Waals surface area contributed by atoms with Gasteiger partial charge < -0.3 is 24.8 Å². The number of hydrogen-bond acceptors (Lipinski definition) is 8. The fraction of sp³-hybridized carbons (Fsp3) is 0.238. The highest BCUT2D eigenvalue weighted by Gasteiger charge is 2.30. The number of amides is 1. The van der Waals surface area contributed by atoms with E-state index < -0.39 is 29.0 Å². The molecule has 1 heterocycles. The molecule has 0 bridgehead atoms. The highest BCUT2D eigenvalue weighted by atomic mass is 19.4. The number of aryl methyl sites for hydroxylation is 1. The number of ether oxygens (including phenoxy) is 3. The third kappa shape index (κ3) is 5.19. The second kappa shape index (κ2) is 9.68. The van der Waals surface area contributed by atoms with Gasteiger partial charge in [0.15, 0.2) is 11.5 Å². The van der Waals surface area contributed by atoms with Gasteiger partial charge in [0.05, 0.1) is 26.9 Å². The van der Waals surface area contributed by atoms with Crippen LogP contribution in [0.15, 0.2) is 41.2 Å². The van der Waals surface area contributed by atoms with Gasteiger partial charge in [0, 0.05) is 18.3 Å². The molecular formula is C21H20F3N5O5. The monoisotopic (exact) mass is 479 g/mol. The van der Waals surface area contributed by atoms with Crippen LogP contribution >= 0.6 is 0 Å². The van der Waals surface area contributed by atoms with Crippen LogP contribution in [0, 0.1) is 0 Å². The van der Waals surface area contributed by atoms with Crippen molar-refractivity contribution in [3.05, 3.63) is 57.9 Å². The molecule has 3 rings (SSSR count). The summed E-state index contributed by atoms with van der Waals surface area (Å²) >= 11 is 0. The SMILES string of the molecule is COc1cc(C(=O)Nc2nc(Nc3cccc(C(F)(F)F)c3)nn(C)c2=O)cc(OC)c1OC. The molecule has 0 radical (unpaired) electrons. The van der Waals surface area contributed by atoms with Crippen LogP contribution in [0.2, 0.25) is 0 Å². The van der Waals surface area contributed by atoms with Crippen molar-refractivity contribution in [2.75, 3.05) is 32.0 Å². The quantitative estimate of drug-likeness (QED) is 0.531. The molecule has 2 N–H and O–H groups in total. The minimum atomic E-state index is -4.54. The van der Waals surface area contributed by atoms with E-state index in [1.165, 1.54) is 52.6 Å². The summed E-state index contributed by atoms with van der Waals surface area (Å²) < 4.78 is 55.4. The summed E-state index contributed by atoms with van der Waals surface area (Å²) in [6.07, 6.45) is -4.54. The predicted molar refractivity (Wildman–Crippen MR) is 116 cm³/mol. The van der Waals surface area contributed by atoms with Gasteiger partial charge in [-0.25, -0.2) is 4.68 Å². The molecule has 0 saturated heterocycles. The maximum atomic E-state index is 13.0. The van der Waals surface area contributed by atoms with Crippen LogP contribution in [-0.2, 0) is 13.2 Å². The van der Waals surface area contributed by atoms with Crippen molar-refractivity contribution < 1.29 is 32.2 Å². The first-order chi connectivity index (χ1) is 16.1. The van der Waals surface area contributed by atoms with E-state index in [2.05, 4.69) is 20.7 Å². The third-order valence-electron chi connectivity index (χ3n) is 4.56. The zero-order valence-electron chi connectivity index (χ0n) is 18.5. The first-order valence-electron chi connectivity index (χ1n) is 9.58. The number of alkyl halides is 3. The van der Waals surface area contributed by atoms with Crippen molar-refractivity contribution in [3.8, 4) is 17.2 Å². The normalized spacial score (nSPS) is 11.0. The average Bonchev–Trinajstić information content (AvgIpc) is 2.80. The second-order valence-electron chi connectivity index (χ2n) is 6.78. The Morgan fingerprint density at radius 3 is 2.24 bits per heavy atom. The van der Waals surface area contributed by atoms with E-state index in [0.29, 0.717) is 0 Å². The Labute approximate surface area is 191 Å². The second-order valence-corrected chi connectivity index (χ2v) is 6.78. The van der Waals surface area contributed by atoms with Gasteiger partial charge in [-0.3, -0.25) is 9.59 Å². The Bertz CT molecular complexity index is 1250. The maximum absolute atomic E-state index is 13.0. The van der Waals surface area contributed by atoms with Crippen molar-refractivity contribution in [1.82, 2.24) is 14.8 Å². The summed E-state index contributed by atoms with van der Waals surface area (Å²) in [6, 6.07) is 7.12. The number of carbonyl (C=O) groups is 1. The zero-order valence-corrected chi connectivity index (χ0v) is 18.5. The summed E-state index contributed by atoms with van der Waals surface area (Å²) in [7, 11) is 5.47. The van der Waals surface area contributed by atoms with E-state index in [4.69, 9.17) is 14.2 Å². The van der Waals surface area contributed by atoms with Gasteiger partial charge in [-0.1, -0.05) is 6.07 Å². The van der Waals surface area contributed by atoms with Crippen molar-refractivity contribution in [2.45, 2.75) is 6.18 Å². The van der Waals surface area contributed by atoms with Gasteiger partial charge in [0.2, 0.25) is 17.5 Å². The van der Waals surface area contributed by atoms with Gasteiger partial charge in [-0.05, 0) is 30.3 Å². The number of halogens is 3. The van der Waals surface area contributed by atoms with Gasteiger partial charge in [0.25, 0.3) is 5.91 Å². The van der Waals surface area contributed by atoms with Gasteiger partial charge in [-0.15, -0.1) is 5.10 Å². The van der Waals surface area contributed by atoms with Crippen LogP contribution < -0.4 is 30.4 Å². The Kier molecular flexibility index (Phi) is 6.94. The van der Waals surface area contributed by atoms with E-state index >= 15 is 0 Å². The van der Waals surface area contributed by atoms with Crippen molar-refractivity contribution >= 4 is 23.4 Å². The molecule has 2 aromatic carbocycles. The van der Waals surface area contributed by atoms with Crippen LogP contribution in [0.1, 0.15) is 15.9 Å². The lowest BCUT2D eigenvalue weighted by molar-refractivity contribution is -0.137. The van der Waals surface area contributed by atoms with Crippen molar-refractivity contribution in [3.63, 3.8) is 0 Å². The van der Waals surface area contributed by atoms with Crippen LogP contribution in [0.4, 0.5) is 30.6 Å². The van der Waals surface area contributed by atoms with E-state index in [9.17, 15) is 22.8 Å². The Morgan fingerprint density at radius 2 is 1.68 bits per heavy atom. The molecule has 1 aromatic heterocycles. The lowest BCUT2D eigenvalue weighted by atomic mass is 10.1. The van der Waals surface area contributed by atoms with E-state index in [1.54, 1.807) is 0 Å². The molecule has 0 saturated carbocycles. The highest BCUT2D eigenvalue weighted by Crippen LogP contribution is 2.38. The molecule has 13 heteroatoms. The number of aromatic nitrogens is 3. The number of nitrogens with one attached hydrogen (secondary N) is 2. The zero-order chi connectivity index (χ0) is 25.0. The molecule has 0 aliphatic heterocycles. The molecule has 0 fully saturated rings. The maximum Gasteiger partial charge on any atom is 0.416 e. The smallest absolute Gasteiger partial charge is 0.416 e. The Morgan fingerprint density at radius 1 is 1.03 bits per heavy atom. The molecule has 34 heavy (non-hydrogen) atoms. The van der Waals surface area contributed by atoms with Crippen molar-refractivity contribution in [2.24, 2.45) is 7.05 Å². The van der Waals surface area contributed by atoms with Crippen molar-refractivity contribution in [1.29, 1.82) is 0 Å². The molecule has 3 aromatic rings. The Hall–Kier alpha value is -4.29. The fourth-order valence-corrected chi connectivity index (χ4v) is 2.95. The summed E-state index contributed by atoms with van der Waals surface area (Å²) in [4.78, 5) is 29.2. The minimum Gasteiger partial charge on any atom is -0.493 e. The first-order valence-corrected chi connectivity index (χ1v) is 9.58. The largest absolute Gasteiger partial charge is 0.493 e. The summed E-state index contributed by atoms with van der Waals surface area (Å²) in [5.74, 6) is -0.622. The van der Waals surface area contributed by atoms with Gasteiger partial charge >= 0.3 is 11.7 Å². The van der Waals surface area contributed by atoms with E-state index in [0.717, 1.165) is 16.8 Å². The van der Waals surface area contributed by atoms with Gasteiger partial charge in [0.1, 0.15) is 0 Å². The number of carbonyl (C=O) groups excluding carboxylic acids is 1. The minimum absolute atomic E-state index is 0.0374. The van der Waals surface area contributed by atoms with Crippen LogP contribution in [0.5, 0.6) is 17.2 Å². The summed E-state index contributed by atoms with van der Waals surface area (Å²) in [6.45, 7) is 0. The van der Waals surface area contributed by atoms with Gasteiger partial charge in [-0.2, -0.15) is 18.2 Å². The number of anilines is 3. The molecule has 1 amide bonds. The first kappa shape index (κ1) is 24.4. The molecular weight excluding hydrogens is 459 g/mol. The number of methoxy groups -OCH3 is 3. The molecule has 0 spiro atoms. The molecule has 0 aliphatic rings. The van der Waals surface area contributed by atoms with E-state index in [-0.39, 0.29) is 34.4 Å². The molecule has 0 unspecified atom stereocenters. The molecule has 0 aliphatic carbocycles. The summed E-state index contributed by atoms with van der Waals surface area (Å²) in [5, 5.41) is 8.84. The molecule has 0 atom stereocenters. The number of hydrogen-bond donors (Lipinski definition) is 2. The molecule has 180 valence electrons. The third-order valence-corrected chi connectivity index (χ3v) is 4.56. The molecule has 10 nitrogen and oxygen atoms in total.